The second-order valence-electron chi connectivity index (χ2n) is 6.87. The molecule has 9 heteroatoms. The Hall–Kier alpha value is -3.51. The molecule has 0 bridgehead atoms. The van der Waals surface area contributed by atoms with Gasteiger partial charge in [0.25, 0.3) is 5.72 Å². The number of imidazole rings is 1. The molecule has 0 aliphatic carbocycles. The molecule has 0 aliphatic heterocycles. The van der Waals surface area contributed by atoms with Gasteiger partial charge in [-0.05, 0) is 49.7 Å². The molecule has 0 saturated heterocycles. The number of ether oxygens (including phenoxy) is 1. The number of aryl methyl sites for hydroxylation is 1. The molecule has 0 saturated carbocycles. The maximum Gasteiger partial charge on any atom is 0.441 e. The molecule has 4 rings (SSSR count). The van der Waals surface area contributed by atoms with E-state index in [4.69, 9.17) is 10.00 Å². The zero-order chi connectivity index (χ0) is 21.7. The quantitative estimate of drug-likeness (QED) is 0.520. The predicted molar refractivity (Wildman–Crippen MR) is 104 cm³/mol. The number of halogens is 3. The van der Waals surface area contributed by atoms with Gasteiger partial charge < -0.3 is 14.8 Å². The number of hydrogen-bond acceptors (Lipinski definition) is 4. The molecule has 1 unspecified atom stereocenters. The summed E-state index contributed by atoms with van der Waals surface area (Å²) in [5.74, 6) is -0.0718. The van der Waals surface area contributed by atoms with Gasteiger partial charge in [0.15, 0.2) is 0 Å². The molecule has 2 aromatic carbocycles. The van der Waals surface area contributed by atoms with Gasteiger partial charge >= 0.3 is 6.18 Å². The number of hydrogen-bond donors (Lipinski definition) is 2. The summed E-state index contributed by atoms with van der Waals surface area (Å²) in [7, 11) is 0. The average Bonchev–Trinajstić information content (AvgIpc) is 3.34. The van der Waals surface area contributed by atoms with Crippen LogP contribution in [0.5, 0.6) is 5.75 Å². The van der Waals surface area contributed by atoms with Crippen LogP contribution in [0, 0.1) is 18.3 Å². The van der Waals surface area contributed by atoms with Crippen LogP contribution in [-0.4, -0.2) is 32.4 Å². The van der Waals surface area contributed by atoms with Crippen molar-refractivity contribution in [2.45, 2.75) is 25.7 Å². The van der Waals surface area contributed by atoms with E-state index in [1.807, 2.05) is 6.07 Å². The summed E-state index contributed by atoms with van der Waals surface area (Å²) in [5, 5.41) is 20.6. The minimum absolute atomic E-state index is 0.0283. The van der Waals surface area contributed by atoms with Crippen LogP contribution in [-0.2, 0) is 5.72 Å². The number of alkyl halides is 3. The van der Waals surface area contributed by atoms with Crippen LogP contribution in [0.15, 0.2) is 42.9 Å². The number of nitrogens with one attached hydrogen (secondary N) is 1. The Kier molecular flexibility index (Phi) is 4.47. The Morgan fingerprint density at radius 2 is 2.03 bits per heavy atom. The van der Waals surface area contributed by atoms with Gasteiger partial charge in [-0.3, -0.25) is 4.57 Å². The summed E-state index contributed by atoms with van der Waals surface area (Å²) in [6, 6.07) is 8.95. The normalized spacial score (nSPS) is 14.0. The monoisotopic (exact) mass is 414 g/mol. The number of nitrogens with zero attached hydrogens (tertiary/aromatic N) is 3. The van der Waals surface area contributed by atoms with E-state index < -0.39 is 17.5 Å². The molecule has 0 amide bonds. The van der Waals surface area contributed by atoms with Gasteiger partial charge in [-0.25, -0.2) is 4.98 Å². The first-order chi connectivity index (χ1) is 14.2. The molecule has 0 fully saturated rings. The zero-order valence-corrected chi connectivity index (χ0v) is 16.1. The molecule has 2 heterocycles. The second kappa shape index (κ2) is 6.78. The van der Waals surface area contributed by atoms with Crippen molar-refractivity contribution in [2.24, 2.45) is 0 Å². The molecule has 1 atom stereocenters. The minimum atomic E-state index is -5.11. The van der Waals surface area contributed by atoms with Crippen LogP contribution in [0.3, 0.4) is 0 Å². The molecule has 2 N–H and O–H groups in total. The Bertz CT molecular complexity index is 1300. The molecule has 30 heavy (non-hydrogen) atoms. The number of aliphatic hydroxyl groups is 1. The van der Waals surface area contributed by atoms with Gasteiger partial charge in [-0.2, -0.15) is 18.4 Å². The predicted octanol–water partition coefficient (Wildman–Crippen LogP) is 4.35. The maximum atomic E-state index is 14.6. The Balaban J connectivity index is 2.12. The molecule has 0 aliphatic rings. The molecule has 4 aromatic rings. The second-order valence-corrected chi connectivity index (χ2v) is 6.87. The summed E-state index contributed by atoms with van der Waals surface area (Å²) in [4.78, 5) is 6.92. The molecule has 154 valence electrons. The van der Waals surface area contributed by atoms with Gasteiger partial charge in [0.2, 0.25) is 0 Å². The van der Waals surface area contributed by atoms with Gasteiger partial charge in [-0.15, -0.1) is 0 Å². The number of benzene rings is 2. The number of aromatic amines is 1. The van der Waals surface area contributed by atoms with Crippen molar-refractivity contribution in [2.75, 3.05) is 6.61 Å². The fourth-order valence-corrected chi connectivity index (χ4v) is 3.75. The van der Waals surface area contributed by atoms with Crippen LogP contribution < -0.4 is 4.74 Å². The third kappa shape index (κ3) is 2.72. The van der Waals surface area contributed by atoms with Crippen LogP contribution in [0.4, 0.5) is 13.2 Å². The number of nitriles is 1. The Morgan fingerprint density at radius 3 is 2.70 bits per heavy atom. The van der Waals surface area contributed by atoms with E-state index in [1.165, 1.54) is 36.5 Å². The SMILES string of the molecule is CCOc1cc(C)c2[nH]ccc2c1C(O)(n1cnc2cc(C#N)ccc21)C(F)(F)F. The molecule has 2 aromatic heterocycles. The summed E-state index contributed by atoms with van der Waals surface area (Å²) in [6.07, 6.45) is -2.67. The van der Waals surface area contributed by atoms with Crippen molar-refractivity contribution >= 4 is 21.9 Å². The molecule has 6 nitrogen and oxygen atoms in total. The van der Waals surface area contributed by atoms with E-state index in [9.17, 15) is 18.3 Å². The summed E-state index contributed by atoms with van der Waals surface area (Å²) in [5.41, 5.74) is -2.31. The van der Waals surface area contributed by atoms with Crippen LogP contribution in [0.25, 0.3) is 21.9 Å². The largest absolute Gasteiger partial charge is 0.493 e. The number of aromatic nitrogens is 3. The molecular formula is C21H17F3N4O2. The van der Waals surface area contributed by atoms with E-state index in [2.05, 4.69) is 9.97 Å². The Morgan fingerprint density at radius 1 is 1.27 bits per heavy atom. The highest BCUT2D eigenvalue weighted by Crippen LogP contribution is 2.48. The summed E-state index contributed by atoms with van der Waals surface area (Å²) in [6.45, 7) is 3.52. The lowest BCUT2D eigenvalue weighted by Crippen LogP contribution is -2.48. The van der Waals surface area contributed by atoms with Gasteiger partial charge in [0.05, 0.1) is 41.2 Å². The third-order valence-corrected chi connectivity index (χ3v) is 5.07. The highest BCUT2D eigenvalue weighted by molar-refractivity contribution is 5.89. The van der Waals surface area contributed by atoms with Crippen molar-refractivity contribution in [3.63, 3.8) is 0 Å². The van der Waals surface area contributed by atoms with E-state index in [-0.39, 0.29) is 34.3 Å². The van der Waals surface area contributed by atoms with Gasteiger partial charge in [0.1, 0.15) is 5.75 Å². The minimum Gasteiger partial charge on any atom is -0.493 e. The van der Waals surface area contributed by atoms with E-state index >= 15 is 0 Å². The van der Waals surface area contributed by atoms with Gasteiger partial charge in [0, 0.05) is 17.1 Å². The summed E-state index contributed by atoms with van der Waals surface area (Å²) >= 11 is 0. The van der Waals surface area contributed by atoms with Crippen molar-refractivity contribution in [3.05, 3.63) is 59.5 Å². The fraction of sp³-hybridized carbons (Fsp3) is 0.238. The van der Waals surface area contributed by atoms with Gasteiger partial charge in [-0.1, -0.05) is 0 Å². The first kappa shape index (κ1) is 19.8. The fourth-order valence-electron chi connectivity index (χ4n) is 3.75. The van der Waals surface area contributed by atoms with E-state index in [1.54, 1.807) is 13.8 Å². The standard InChI is InChI=1S/C21H17F3N4O2/c1-3-30-17-8-12(2)19-14(6-7-26-19)18(17)20(29,21(22,23)24)28-11-27-15-9-13(10-25)4-5-16(15)28/h4-9,11,26,29H,3H2,1-2H3. The summed E-state index contributed by atoms with van der Waals surface area (Å²) < 4.78 is 49.9. The van der Waals surface area contributed by atoms with Crippen molar-refractivity contribution in [1.82, 2.24) is 14.5 Å². The third-order valence-electron chi connectivity index (χ3n) is 5.07. The Labute approximate surface area is 169 Å². The highest BCUT2D eigenvalue weighted by Gasteiger charge is 2.59. The molecular weight excluding hydrogens is 397 g/mol. The first-order valence-corrected chi connectivity index (χ1v) is 9.13. The van der Waals surface area contributed by atoms with Crippen LogP contribution >= 0.6 is 0 Å². The van der Waals surface area contributed by atoms with Crippen LogP contribution in [0.2, 0.25) is 0 Å². The van der Waals surface area contributed by atoms with E-state index in [0.717, 1.165) is 6.33 Å². The van der Waals surface area contributed by atoms with Crippen molar-refractivity contribution < 1.29 is 23.0 Å². The average molecular weight is 414 g/mol. The van der Waals surface area contributed by atoms with Crippen LogP contribution in [0.1, 0.15) is 23.6 Å². The zero-order valence-electron chi connectivity index (χ0n) is 16.1. The lowest BCUT2D eigenvalue weighted by molar-refractivity contribution is -0.277. The maximum absolute atomic E-state index is 14.6. The van der Waals surface area contributed by atoms with E-state index in [0.29, 0.717) is 15.6 Å². The highest BCUT2D eigenvalue weighted by atomic mass is 19.4. The first-order valence-electron chi connectivity index (χ1n) is 9.13. The van der Waals surface area contributed by atoms with Crippen molar-refractivity contribution in [3.8, 4) is 11.8 Å². The lowest BCUT2D eigenvalue weighted by atomic mass is 9.94. The number of H-pyrrole nitrogens is 1. The smallest absolute Gasteiger partial charge is 0.441 e. The lowest BCUT2D eigenvalue weighted by Gasteiger charge is -2.34. The number of rotatable bonds is 4. The molecule has 0 radical (unpaired) electrons. The van der Waals surface area contributed by atoms with Crippen molar-refractivity contribution in [1.29, 1.82) is 5.26 Å². The number of fused-ring (bicyclic) bond motifs is 2. The molecule has 0 spiro atoms. The topological polar surface area (TPSA) is 86.9 Å².